The zero-order valence-electron chi connectivity index (χ0n) is 14.1. The van der Waals surface area contributed by atoms with Gasteiger partial charge >= 0.3 is 5.97 Å². The molecule has 4 N–H and O–H groups in total. The van der Waals surface area contributed by atoms with E-state index in [1.807, 2.05) is 19.0 Å². The molecule has 0 aromatic rings. The molecule has 0 saturated heterocycles. The molecule has 0 heterocycles. The zero-order chi connectivity index (χ0) is 17.7. The van der Waals surface area contributed by atoms with Gasteiger partial charge in [0.2, 0.25) is 11.8 Å². The number of nitrogens with one attached hydrogen (secondary N) is 3. The molecule has 0 aromatic carbocycles. The Hall–Kier alpha value is -1.32. The number of amides is 2. The molecule has 0 rings (SSSR count). The quantitative estimate of drug-likeness (QED) is 0.315. The second kappa shape index (κ2) is 13.1. The summed E-state index contributed by atoms with van der Waals surface area (Å²) < 4.78 is 0. The Morgan fingerprint density at radius 1 is 1.17 bits per heavy atom. The third-order valence-electron chi connectivity index (χ3n) is 2.90. The van der Waals surface area contributed by atoms with Crippen LogP contribution in [0.15, 0.2) is 0 Å². The molecule has 0 aromatic heterocycles. The fourth-order valence-electron chi connectivity index (χ4n) is 1.60. The van der Waals surface area contributed by atoms with E-state index >= 15 is 0 Å². The van der Waals surface area contributed by atoms with Crippen LogP contribution >= 0.6 is 11.8 Å². The average molecular weight is 348 g/mol. The first-order chi connectivity index (χ1) is 10.9. The fraction of sp³-hybridized carbons (Fsp3) is 0.786. The SMILES string of the molecule is CNCCC(=O)N[C@@H](CCSCC(=O)NCCN(C)C)C(=O)O. The standard InChI is InChI=1S/C14H28N4O4S/c1-15-6-4-12(19)17-11(14(21)22)5-9-23-10-13(20)16-7-8-18(2)3/h11,15H,4-10H2,1-3H3,(H,16,20)(H,17,19)(H,21,22)/t11-/m0/s1. The topological polar surface area (TPSA) is 111 Å². The van der Waals surface area contributed by atoms with E-state index in [1.165, 1.54) is 11.8 Å². The van der Waals surface area contributed by atoms with Crippen molar-refractivity contribution in [3.05, 3.63) is 0 Å². The number of carboxylic acids is 1. The summed E-state index contributed by atoms with van der Waals surface area (Å²) in [4.78, 5) is 36.2. The van der Waals surface area contributed by atoms with Gasteiger partial charge in [-0.3, -0.25) is 9.59 Å². The van der Waals surface area contributed by atoms with Crippen LogP contribution in [0.3, 0.4) is 0 Å². The highest BCUT2D eigenvalue weighted by atomic mass is 32.2. The molecule has 23 heavy (non-hydrogen) atoms. The summed E-state index contributed by atoms with van der Waals surface area (Å²) in [5.74, 6) is -0.642. The Balaban J connectivity index is 3.89. The molecule has 0 bridgehead atoms. The third-order valence-corrected chi connectivity index (χ3v) is 3.89. The van der Waals surface area contributed by atoms with E-state index in [9.17, 15) is 14.4 Å². The van der Waals surface area contributed by atoms with E-state index < -0.39 is 12.0 Å². The van der Waals surface area contributed by atoms with Gasteiger partial charge in [-0.2, -0.15) is 11.8 Å². The summed E-state index contributed by atoms with van der Waals surface area (Å²) in [5, 5.41) is 17.2. The van der Waals surface area contributed by atoms with E-state index in [1.54, 1.807) is 7.05 Å². The van der Waals surface area contributed by atoms with Crippen molar-refractivity contribution in [2.45, 2.75) is 18.9 Å². The summed E-state index contributed by atoms with van der Waals surface area (Å²) in [5.41, 5.74) is 0. The molecule has 0 aliphatic rings. The summed E-state index contributed by atoms with van der Waals surface area (Å²) in [6.45, 7) is 1.86. The highest BCUT2D eigenvalue weighted by molar-refractivity contribution is 7.99. The first-order valence-electron chi connectivity index (χ1n) is 7.52. The van der Waals surface area contributed by atoms with Gasteiger partial charge in [0, 0.05) is 26.1 Å². The van der Waals surface area contributed by atoms with Gasteiger partial charge in [0.25, 0.3) is 0 Å². The highest BCUT2D eigenvalue weighted by Crippen LogP contribution is 2.05. The number of carbonyl (C=O) groups excluding carboxylic acids is 2. The molecular weight excluding hydrogens is 320 g/mol. The Bertz CT molecular complexity index is 380. The molecule has 9 heteroatoms. The van der Waals surface area contributed by atoms with E-state index in [-0.39, 0.29) is 30.4 Å². The Kier molecular flexibility index (Phi) is 12.4. The fourth-order valence-corrected chi connectivity index (χ4v) is 2.43. The molecule has 0 aliphatic carbocycles. The van der Waals surface area contributed by atoms with Crippen molar-refractivity contribution in [3.63, 3.8) is 0 Å². The van der Waals surface area contributed by atoms with Gasteiger partial charge in [-0.25, -0.2) is 4.79 Å². The molecule has 0 saturated carbocycles. The van der Waals surface area contributed by atoms with E-state index in [0.29, 0.717) is 18.8 Å². The van der Waals surface area contributed by atoms with Gasteiger partial charge in [0.1, 0.15) is 6.04 Å². The number of nitrogens with zero attached hydrogens (tertiary/aromatic N) is 1. The number of likely N-dealkylation sites (N-methyl/N-ethyl adjacent to an activating group) is 1. The lowest BCUT2D eigenvalue weighted by Gasteiger charge is -2.14. The van der Waals surface area contributed by atoms with Crippen molar-refractivity contribution in [1.29, 1.82) is 0 Å². The maximum absolute atomic E-state index is 11.6. The molecule has 0 radical (unpaired) electrons. The van der Waals surface area contributed by atoms with Crippen molar-refractivity contribution >= 4 is 29.5 Å². The molecule has 0 fully saturated rings. The van der Waals surface area contributed by atoms with Crippen molar-refractivity contribution in [3.8, 4) is 0 Å². The van der Waals surface area contributed by atoms with Gasteiger partial charge in [-0.15, -0.1) is 0 Å². The smallest absolute Gasteiger partial charge is 0.326 e. The second-order valence-corrected chi connectivity index (χ2v) is 6.41. The number of aliphatic carboxylic acids is 1. The van der Waals surface area contributed by atoms with Crippen LogP contribution in [0.5, 0.6) is 0 Å². The maximum atomic E-state index is 11.6. The number of hydrogen-bond acceptors (Lipinski definition) is 6. The highest BCUT2D eigenvalue weighted by Gasteiger charge is 2.19. The lowest BCUT2D eigenvalue weighted by molar-refractivity contribution is -0.141. The number of hydrogen-bond donors (Lipinski definition) is 4. The van der Waals surface area contributed by atoms with Crippen LogP contribution in [-0.4, -0.2) is 86.1 Å². The van der Waals surface area contributed by atoms with Crippen LogP contribution in [0.2, 0.25) is 0 Å². The third kappa shape index (κ3) is 12.9. The molecule has 134 valence electrons. The molecule has 2 amide bonds. The van der Waals surface area contributed by atoms with Crippen LogP contribution in [0, 0.1) is 0 Å². The summed E-state index contributed by atoms with van der Waals surface area (Å²) in [7, 11) is 5.58. The normalized spacial score (nSPS) is 12.0. The number of thioether (sulfide) groups is 1. The van der Waals surface area contributed by atoms with E-state index in [4.69, 9.17) is 5.11 Å². The van der Waals surface area contributed by atoms with Crippen LogP contribution in [0.1, 0.15) is 12.8 Å². The molecule has 0 unspecified atom stereocenters. The molecule has 1 atom stereocenters. The lowest BCUT2D eigenvalue weighted by atomic mass is 10.2. The number of carboxylic acid groups (broad SMARTS) is 1. The first kappa shape index (κ1) is 21.7. The zero-order valence-corrected chi connectivity index (χ0v) is 14.9. The lowest BCUT2D eigenvalue weighted by Crippen LogP contribution is -2.42. The Labute approximate surface area is 141 Å². The minimum Gasteiger partial charge on any atom is -0.480 e. The van der Waals surface area contributed by atoms with Crippen molar-refractivity contribution < 1.29 is 19.5 Å². The van der Waals surface area contributed by atoms with Gasteiger partial charge in [-0.05, 0) is 33.3 Å². The van der Waals surface area contributed by atoms with E-state index in [0.717, 1.165) is 6.54 Å². The van der Waals surface area contributed by atoms with Crippen molar-refractivity contribution in [2.24, 2.45) is 0 Å². The van der Waals surface area contributed by atoms with E-state index in [2.05, 4.69) is 16.0 Å². The minimum atomic E-state index is -1.06. The van der Waals surface area contributed by atoms with Crippen LogP contribution in [0.4, 0.5) is 0 Å². The van der Waals surface area contributed by atoms with Gasteiger partial charge in [-0.1, -0.05) is 0 Å². The number of rotatable bonds is 13. The van der Waals surface area contributed by atoms with Crippen LogP contribution in [-0.2, 0) is 14.4 Å². The van der Waals surface area contributed by atoms with Gasteiger partial charge in [0.05, 0.1) is 5.75 Å². The Morgan fingerprint density at radius 2 is 1.87 bits per heavy atom. The minimum absolute atomic E-state index is 0.0678. The van der Waals surface area contributed by atoms with Gasteiger partial charge in [0.15, 0.2) is 0 Å². The number of carbonyl (C=O) groups is 3. The Morgan fingerprint density at radius 3 is 2.43 bits per heavy atom. The van der Waals surface area contributed by atoms with Crippen LogP contribution < -0.4 is 16.0 Å². The monoisotopic (exact) mass is 348 g/mol. The largest absolute Gasteiger partial charge is 0.480 e. The molecular formula is C14H28N4O4S. The summed E-state index contributed by atoms with van der Waals surface area (Å²) >= 11 is 1.36. The van der Waals surface area contributed by atoms with Crippen molar-refractivity contribution in [2.75, 3.05) is 52.3 Å². The predicted molar refractivity (Wildman–Crippen MR) is 91.6 cm³/mol. The first-order valence-corrected chi connectivity index (χ1v) is 8.68. The molecule has 8 nitrogen and oxygen atoms in total. The molecule has 0 aliphatic heterocycles. The average Bonchev–Trinajstić information content (AvgIpc) is 2.47. The molecule has 0 spiro atoms. The summed E-state index contributed by atoms with van der Waals surface area (Å²) in [6, 6.07) is -0.913. The maximum Gasteiger partial charge on any atom is 0.326 e. The van der Waals surface area contributed by atoms with Crippen molar-refractivity contribution in [1.82, 2.24) is 20.9 Å². The van der Waals surface area contributed by atoms with Crippen LogP contribution in [0.25, 0.3) is 0 Å². The summed E-state index contributed by atoms with van der Waals surface area (Å²) in [6.07, 6.45) is 0.526. The predicted octanol–water partition coefficient (Wildman–Crippen LogP) is -1.03. The second-order valence-electron chi connectivity index (χ2n) is 5.31. The van der Waals surface area contributed by atoms with Gasteiger partial charge < -0.3 is 26.0 Å².